The Labute approximate surface area is 170 Å². The first-order valence-electron chi connectivity index (χ1n) is 9.39. The van der Waals surface area contributed by atoms with E-state index < -0.39 is 10.0 Å². The van der Waals surface area contributed by atoms with Gasteiger partial charge in [0.1, 0.15) is 16.5 Å². The molecule has 2 heterocycles. The Bertz CT molecular complexity index is 923. The molecule has 5 nitrogen and oxygen atoms in total. The molecule has 28 heavy (non-hydrogen) atoms. The summed E-state index contributed by atoms with van der Waals surface area (Å²) in [5, 5.41) is 3.32. The van der Waals surface area contributed by atoms with Crippen LogP contribution in [0.3, 0.4) is 0 Å². The molecule has 1 aromatic carbocycles. The van der Waals surface area contributed by atoms with Crippen molar-refractivity contribution >= 4 is 27.6 Å². The average molecular weight is 424 g/mol. The van der Waals surface area contributed by atoms with Crippen molar-refractivity contribution in [3.8, 4) is 0 Å². The number of hydrogen-bond acceptors (Lipinski definition) is 5. The normalized spacial score (nSPS) is 17.2. The van der Waals surface area contributed by atoms with E-state index in [9.17, 15) is 12.8 Å². The summed E-state index contributed by atoms with van der Waals surface area (Å²) in [6.07, 6.45) is 2.23. The van der Waals surface area contributed by atoms with Crippen molar-refractivity contribution < 1.29 is 12.8 Å². The van der Waals surface area contributed by atoms with Crippen LogP contribution in [0.2, 0.25) is 0 Å². The predicted octanol–water partition coefficient (Wildman–Crippen LogP) is 4.68. The fourth-order valence-electron chi connectivity index (χ4n) is 3.61. The van der Waals surface area contributed by atoms with Crippen LogP contribution in [0.1, 0.15) is 45.7 Å². The van der Waals surface area contributed by atoms with Crippen LogP contribution in [0.5, 0.6) is 0 Å². The van der Waals surface area contributed by atoms with Crippen molar-refractivity contribution in [3.05, 3.63) is 47.9 Å². The molecule has 3 rings (SSSR count). The fraction of sp³-hybridized carbons (Fsp3) is 0.450. The lowest BCUT2D eigenvalue weighted by atomic mass is 10.0. The zero-order valence-electron chi connectivity index (χ0n) is 16.5. The van der Waals surface area contributed by atoms with E-state index >= 15 is 0 Å². The number of nitrogens with one attached hydrogen (secondary N) is 1. The minimum absolute atomic E-state index is 0.0512. The summed E-state index contributed by atoms with van der Waals surface area (Å²) in [5.74, 6) is 1.19. The Hall–Kier alpha value is -1.64. The molecule has 1 aliphatic heterocycles. The molecule has 0 spiro atoms. The van der Waals surface area contributed by atoms with Crippen LogP contribution in [0.15, 0.2) is 46.3 Å². The highest BCUT2D eigenvalue weighted by Crippen LogP contribution is 2.39. The molecule has 0 saturated carbocycles. The molecule has 0 amide bonds. The van der Waals surface area contributed by atoms with Gasteiger partial charge in [0.25, 0.3) is 0 Å². The van der Waals surface area contributed by atoms with Crippen LogP contribution in [-0.2, 0) is 10.0 Å². The first-order chi connectivity index (χ1) is 13.2. The number of aromatic nitrogens is 1. The van der Waals surface area contributed by atoms with E-state index in [1.165, 1.54) is 28.3 Å². The summed E-state index contributed by atoms with van der Waals surface area (Å²) < 4.78 is 41.4. The van der Waals surface area contributed by atoms with Gasteiger partial charge < -0.3 is 5.32 Å². The maximum absolute atomic E-state index is 14.0. The maximum Gasteiger partial charge on any atom is 0.245 e. The number of hydrogen-bond donors (Lipinski definition) is 1. The highest BCUT2D eigenvalue weighted by Gasteiger charge is 2.30. The lowest BCUT2D eigenvalue weighted by Crippen LogP contribution is -2.41. The number of thioether (sulfide) groups is 1. The molecule has 0 saturated heterocycles. The van der Waals surface area contributed by atoms with E-state index in [1.54, 1.807) is 18.2 Å². The Morgan fingerprint density at radius 2 is 1.89 bits per heavy atom. The topological polar surface area (TPSA) is 62.3 Å². The molecule has 1 N–H and O–H groups in total. The average Bonchev–Trinajstić information content (AvgIpc) is 2.62. The summed E-state index contributed by atoms with van der Waals surface area (Å²) in [5.41, 5.74) is 0.917. The number of anilines is 1. The quantitative estimate of drug-likeness (QED) is 0.731. The van der Waals surface area contributed by atoms with Crippen LogP contribution in [0.4, 0.5) is 10.2 Å². The van der Waals surface area contributed by atoms with Crippen LogP contribution < -0.4 is 5.32 Å². The van der Waals surface area contributed by atoms with Gasteiger partial charge >= 0.3 is 0 Å². The number of benzene rings is 1. The molecule has 1 aliphatic rings. The van der Waals surface area contributed by atoms with Crippen LogP contribution in [0.25, 0.3) is 0 Å². The molecular formula is C20H26FN3O2S2. The largest absolute Gasteiger partial charge is 0.363 e. The first kappa shape index (κ1) is 21.1. The van der Waals surface area contributed by atoms with E-state index in [0.29, 0.717) is 10.7 Å². The summed E-state index contributed by atoms with van der Waals surface area (Å²) in [4.78, 5) is 5.17. The Morgan fingerprint density at radius 1 is 1.18 bits per heavy atom. The van der Waals surface area contributed by atoms with E-state index in [2.05, 4.69) is 10.3 Å². The number of pyridine rings is 1. The lowest BCUT2D eigenvalue weighted by molar-refractivity contribution is 0.302. The molecular weight excluding hydrogens is 397 g/mol. The van der Waals surface area contributed by atoms with Gasteiger partial charge in [-0.1, -0.05) is 12.1 Å². The fourth-order valence-corrected chi connectivity index (χ4v) is 6.53. The number of sulfonamides is 1. The standard InChI is InChI=1S/C20H26FN3O2S2/c1-13(2)24(14(3)4)28(25,26)15-8-9-19(22-12-15)23-18-10-11-27-20-16(18)6-5-7-17(20)21/h5-9,12-14,18H,10-11H2,1-4H3,(H,22,23). The minimum Gasteiger partial charge on any atom is -0.363 e. The molecule has 0 aliphatic carbocycles. The molecule has 1 atom stereocenters. The van der Waals surface area contributed by atoms with Crippen molar-refractivity contribution in [1.29, 1.82) is 0 Å². The number of rotatable bonds is 6. The van der Waals surface area contributed by atoms with Crippen molar-refractivity contribution in [1.82, 2.24) is 9.29 Å². The van der Waals surface area contributed by atoms with E-state index in [-0.39, 0.29) is 28.8 Å². The summed E-state index contributed by atoms with van der Waals surface area (Å²) in [6.45, 7) is 7.44. The van der Waals surface area contributed by atoms with Gasteiger partial charge in [-0.2, -0.15) is 4.31 Å². The highest BCUT2D eigenvalue weighted by molar-refractivity contribution is 7.99. The summed E-state index contributed by atoms with van der Waals surface area (Å²) in [7, 11) is -3.61. The van der Waals surface area contributed by atoms with Gasteiger partial charge in [-0.25, -0.2) is 17.8 Å². The molecule has 1 unspecified atom stereocenters. The van der Waals surface area contributed by atoms with Gasteiger partial charge in [-0.05, 0) is 57.9 Å². The maximum atomic E-state index is 14.0. The smallest absolute Gasteiger partial charge is 0.245 e. The van der Waals surface area contributed by atoms with Crippen LogP contribution in [0, 0.1) is 5.82 Å². The van der Waals surface area contributed by atoms with Gasteiger partial charge in [0.15, 0.2) is 0 Å². The van der Waals surface area contributed by atoms with E-state index in [0.717, 1.165) is 17.7 Å². The van der Waals surface area contributed by atoms with Gasteiger partial charge in [0.05, 0.1) is 6.04 Å². The van der Waals surface area contributed by atoms with Crippen molar-refractivity contribution in [2.45, 2.75) is 62.0 Å². The van der Waals surface area contributed by atoms with Crippen molar-refractivity contribution in [3.63, 3.8) is 0 Å². The second-order valence-electron chi connectivity index (χ2n) is 7.39. The first-order valence-corrected chi connectivity index (χ1v) is 11.8. The van der Waals surface area contributed by atoms with Gasteiger partial charge in [0, 0.05) is 28.9 Å². The zero-order chi connectivity index (χ0) is 20.5. The van der Waals surface area contributed by atoms with Gasteiger partial charge in [-0.15, -0.1) is 11.8 Å². The molecule has 8 heteroatoms. The number of nitrogens with zero attached hydrogens (tertiary/aromatic N) is 2. The van der Waals surface area contributed by atoms with Gasteiger partial charge in [-0.3, -0.25) is 0 Å². The molecule has 0 radical (unpaired) electrons. The molecule has 152 valence electrons. The molecule has 2 aromatic rings. The molecule has 1 aromatic heterocycles. The van der Waals surface area contributed by atoms with Crippen LogP contribution in [-0.4, -0.2) is 35.5 Å². The molecule has 0 bridgehead atoms. The van der Waals surface area contributed by atoms with Crippen molar-refractivity contribution in [2.24, 2.45) is 0 Å². The van der Waals surface area contributed by atoms with E-state index in [4.69, 9.17) is 0 Å². The Balaban J connectivity index is 1.82. The third-order valence-electron chi connectivity index (χ3n) is 4.68. The zero-order valence-corrected chi connectivity index (χ0v) is 18.1. The number of fused-ring (bicyclic) bond motifs is 1. The SMILES string of the molecule is CC(C)N(C(C)C)S(=O)(=O)c1ccc(NC2CCSc3c(F)cccc32)nc1. The molecule has 0 fully saturated rings. The Morgan fingerprint density at radius 3 is 2.50 bits per heavy atom. The Kier molecular flexibility index (Phi) is 6.31. The second-order valence-corrected chi connectivity index (χ2v) is 10.3. The predicted molar refractivity (Wildman–Crippen MR) is 112 cm³/mol. The highest BCUT2D eigenvalue weighted by atomic mass is 32.2. The third-order valence-corrected chi connectivity index (χ3v) is 8.07. The monoisotopic (exact) mass is 423 g/mol. The summed E-state index contributed by atoms with van der Waals surface area (Å²) >= 11 is 1.52. The third kappa shape index (κ3) is 4.18. The lowest BCUT2D eigenvalue weighted by Gasteiger charge is -2.29. The number of halogens is 1. The van der Waals surface area contributed by atoms with Crippen LogP contribution >= 0.6 is 11.8 Å². The second kappa shape index (κ2) is 8.39. The van der Waals surface area contributed by atoms with E-state index in [1.807, 2.05) is 33.8 Å². The van der Waals surface area contributed by atoms with Crippen molar-refractivity contribution in [2.75, 3.05) is 11.1 Å². The minimum atomic E-state index is -3.61. The summed E-state index contributed by atoms with van der Waals surface area (Å²) in [6, 6.07) is 8.02. The van der Waals surface area contributed by atoms with Gasteiger partial charge in [0.2, 0.25) is 10.0 Å².